The molecule has 0 amide bonds. The topological polar surface area (TPSA) is 26.0 Å². The first-order valence-corrected chi connectivity index (χ1v) is 7.52. The Kier molecular flexibility index (Phi) is 3.07. The summed E-state index contributed by atoms with van der Waals surface area (Å²) in [5.41, 5.74) is 7.66. The van der Waals surface area contributed by atoms with Crippen molar-refractivity contribution in [2.75, 3.05) is 0 Å². The van der Waals surface area contributed by atoms with Gasteiger partial charge in [-0.3, -0.25) is 0 Å². The summed E-state index contributed by atoms with van der Waals surface area (Å²) < 4.78 is 0. The summed E-state index contributed by atoms with van der Waals surface area (Å²) >= 11 is 0. The lowest BCUT2D eigenvalue weighted by Crippen LogP contribution is -2.45. The van der Waals surface area contributed by atoms with Crippen molar-refractivity contribution in [3.63, 3.8) is 0 Å². The van der Waals surface area contributed by atoms with E-state index < -0.39 is 5.54 Å². The molecule has 3 rings (SSSR count). The Morgan fingerprint density at radius 3 is 1.57 bits per heavy atom. The van der Waals surface area contributed by atoms with E-state index in [0.717, 1.165) is 0 Å². The standard InChI is InChI=1S/C20H23N/c1-19(2,3)20(4,21)18-16-11-7-5-9-14(16)13-15-10-6-8-12-17(15)18/h5-13H,21H2,1-4H3. The summed E-state index contributed by atoms with van der Waals surface area (Å²) in [5.74, 6) is 0. The molecule has 0 spiro atoms. The molecule has 2 N–H and O–H groups in total. The molecule has 3 aromatic carbocycles. The Morgan fingerprint density at radius 2 is 1.14 bits per heavy atom. The van der Waals surface area contributed by atoms with Crippen molar-refractivity contribution >= 4 is 21.5 Å². The van der Waals surface area contributed by atoms with Gasteiger partial charge in [-0.05, 0) is 45.5 Å². The highest BCUT2D eigenvalue weighted by Gasteiger charge is 2.37. The van der Waals surface area contributed by atoms with Crippen LogP contribution in [0.15, 0.2) is 54.6 Å². The molecule has 0 heterocycles. The van der Waals surface area contributed by atoms with Gasteiger partial charge in [0.15, 0.2) is 0 Å². The maximum atomic E-state index is 6.85. The molecule has 1 nitrogen and oxygen atoms in total. The van der Waals surface area contributed by atoms with Gasteiger partial charge >= 0.3 is 0 Å². The summed E-state index contributed by atoms with van der Waals surface area (Å²) in [7, 11) is 0. The van der Waals surface area contributed by atoms with Crippen molar-refractivity contribution in [2.45, 2.75) is 33.2 Å². The third kappa shape index (κ3) is 2.13. The molecule has 0 radical (unpaired) electrons. The van der Waals surface area contributed by atoms with Crippen molar-refractivity contribution in [3.05, 3.63) is 60.2 Å². The zero-order valence-electron chi connectivity index (χ0n) is 13.3. The van der Waals surface area contributed by atoms with Crippen LogP contribution in [0.2, 0.25) is 0 Å². The maximum absolute atomic E-state index is 6.85. The van der Waals surface area contributed by atoms with Crippen molar-refractivity contribution in [1.82, 2.24) is 0 Å². The van der Waals surface area contributed by atoms with Gasteiger partial charge < -0.3 is 5.73 Å². The van der Waals surface area contributed by atoms with Crippen LogP contribution >= 0.6 is 0 Å². The fourth-order valence-corrected chi connectivity index (χ4v) is 2.95. The minimum absolute atomic E-state index is 0.0279. The average Bonchev–Trinajstić information content (AvgIpc) is 2.43. The van der Waals surface area contributed by atoms with E-state index in [4.69, 9.17) is 5.73 Å². The highest BCUT2D eigenvalue weighted by atomic mass is 14.8. The minimum atomic E-state index is -0.409. The first kappa shape index (κ1) is 14.1. The van der Waals surface area contributed by atoms with Crippen LogP contribution in [0.4, 0.5) is 0 Å². The van der Waals surface area contributed by atoms with Crippen molar-refractivity contribution < 1.29 is 0 Å². The van der Waals surface area contributed by atoms with Gasteiger partial charge in [0.2, 0.25) is 0 Å². The van der Waals surface area contributed by atoms with Crippen LogP contribution in [0.1, 0.15) is 33.3 Å². The lowest BCUT2D eigenvalue weighted by molar-refractivity contribution is 0.214. The van der Waals surface area contributed by atoms with E-state index in [-0.39, 0.29) is 5.41 Å². The van der Waals surface area contributed by atoms with Gasteiger partial charge in [0, 0.05) is 5.54 Å². The molecule has 0 bridgehead atoms. The lowest BCUT2D eigenvalue weighted by Gasteiger charge is -2.40. The first-order chi connectivity index (χ1) is 9.82. The zero-order chi connectivity index (χ0) is 15.3. The number of hydrogen-bond donors (Lipinski definition) is 1. The molecule has 0 fully saturated rings. The fourth-order valence-electron chi connectivity index (χ4n) is 2.95. The Hall–Kier alpha value is -1.86. The Morgan fingerprint density at radius 1 is 0.714 bits per heavy atom. The van der Waals surface area contributed by atoms with Crippen molar-refractivity contribution in [2.24, 2.45) is 11.1 Å². The summed E-state index contributed by atoms with van der Waals surface area (Å²) in [6.45, 7) is 8.79. The summed E-state index contributed by atoms with van der Waals surface area (Å²) in [6.07, 6.45) is 0. The van der Waals surface area contributed by atoms with Gasteiger partial charge in [-0.1, -0.05) is 69.3 Å². The molecule has 1 atom stereocenters. The number of rotatable bonds is 1. The van der Waals surface area contributed by atoms with Crippen LogP contribution < -0.4 is 5.73 Å². The Balaban J connectivity index is 2.52. The molecule has 0 aromatic heterocycles. The van der Waals surface area contributed by atoms with Crippen molar-refractivity contribution in [3.8, 4) is 0 Å². The summed E-state index contributed by atoms with van der Waals surface area (Å²) in [6, 6.07) is 19.3. The SMILES string of the molecule is CC(C)(C)C(C)(N)c1c2ccccc2cc2ccccc12. The van der Waals surface area contributed by atoms with Gasteiger partial charge in [-0.15, -0.1) is 0 Å². The molecular formula is C20H23N. The molecule has 0 saturated carbocycles. The zero-order valence-corrected chi connectivity index (χ0v) is 13.3. The summed E-state index contributed by atoms with van der Waals surface area (Å²) in [4.78, 5) is 0. The molecule has 0 aliphatic heterocycles. The molecule has 108 valence electrons. The van der Waals surface area contributed by atoms with E-state index in [1.54, 1.807) is 0 Å². The molecule has 0 aliphatic rings. The number of fused-ring (bicyclic) bond motifs is 2. The van der Waals surface area contributed by atoms with Gasteiger partial charge in [0.1, 0.15) is 0 Å². The Labute approximate surface area is 126 Å². The van der Waals surface area contributed by atoms with Crippen LogP contribution in [0.3, 0.4) is 0 Å². The largest absolute Gasteiger partial charge is 0.321 e. The third-order valence-corrected chi connectivity index (χ3v) is 4.85. The number of hydrogen-bond acceptors (Lipinski definition) is 1. The van der Waals surface area contributed by atoms with E-state index in [0.29, 0.717) is 0 Å². The second kappa shape index (κ2) is 4.57. The first-order valence-electron chi connectivity index (χ1n) is 7.52. The van der Waals surface area contributed by atoms with Crippen LogP contribution in [0, 0.1) is 5.41 Å². The van der Waals surface area contributed by atoms with Crippen molar-refractivity contribution in [1.29, 1.82) is 0 Å². The van der Waals surface area contributed by atoms with E-state index in [2.05, 4.69) is 82.3 Å². The van der Waals surface area contributed by atoms with E-state index in [1.807, 2.05) is 0 Å². The summed E-state index contributed by atoms with van der Waals surface area (Å²) in [5, 5.41) is 5.03. The quantitative estimate of drug-likeness (QED) is 0.607. The van der Waals surface area contributed by atoms with Gasteiger partial charge in [0.05, 0.1) is 0 Å². The maximum Gasteiger partial charge on any atom is 0.0442 e. The van der Waals surface area contributed by atoms with E-state index in [9.17, 15) is 0 Å². The normalized spacial score (nSPS) is 15.3. The van der Waals surface area contributed by atoms with Gasteiger partial charge in [-0.25, -0.2) is 0 Å². The third-order valence-electron chi connectivity index (χ3n) is 4.85. The van der Waals surface area contributed by atoms with Gasteiger partial charge in [-0.2, -0.15) is 0 Å². The molecule has 0 saturated heterocycles. The predicted molar refractivity (Wildman–Crippen MR) is 92.4 cm³/mol. The van der Waals surface area contributed by atoms with E-state index in [1.165, 1.54) is 27.1 Å². The Bertz CT molecular complexity index is 753. The second-order valence-corrected chi connectivity index (χ2v) is 7.15. The van der Waals surface area contributed by atoms with E-state index >= 15 is 0 Å². The van der Waals surface area contributed by atoms with Crippen LogP contribution in [0.5, 0.6) is 0 Å². The van der Waals surface area contributed by atoms with Crippen LogP contribution in [-0.2, 0) is 5.54 Å². The molecule has 1 heteroatoms. The molecule has 0 aliphatic carbocycles. The number of benzene rings is 3. The smallest absolute Gasteiger partial charge is 0.0442 e. The molecule has 3 aromatic rings. The van der Waals surface area contributed by atoms with Crippen LogP contribution in [-0.4, -0.2) is 0 Å². The van der Waals surface area contributed by atoms with Gasteiger partial charge in [0.25, 0.3) is 0 Å². The molecular weight excluding hydrogens is 254 g/mol. The highest BCUT2D eigenvalue weighted by molar-refractivity contribution is 6.03. The average molecular weight is 277 g/mol. The molecule has 1 unspecified atom stereocenters. The fraction of sp³-hybridized carbons (Fsp3) is 0.300. The lowest BCUT2D eigenvalue weighted by atomic mass is 9.69. The number of nitrogens with two attached hydrogens (primary N) is 1. The molecule has 21 heavy (non-hydrogen) atoms. The monoisotopic (exact) mass is 277 g/mol. The second-order valence-electron chi connectivity index (χ2n) is 7.15. The minimum Gasteiger partial charge on any atom is -0.321 e. The predicted octanol–water partition coefficient (Wildman–Crippen LogP) is 5.21. The highest BCUT2D eigenvalue weighted by Crippen LogP contribution is 2.43. The van der Waals surface area contributed by atoms with Crippen LogP contribution in [0.25, 0.3) is 21.5 Å².